The van der Waals surface area contributed by atoms with Crippen LogP contribution in [-0.4, -0.2) is 14.6 Å². The van der Waals surface area contributed by atoms with Crippen LogP contribution >= 0.6 is 0 Å². The van der Waals surface area contributed by atoms with Crippen molar-refractivity contribution in [2.45, 2.75) is 20.3 Å². The number of aromatic nitrogens is 3. The highest BCUT2D eigenvalue weighted by molar-refractivity contribution is 5.78. The Hall–Kier alpha value is -3.14. The van der Waals surface area contributed by atoms with E-state index in [0.29, 0.717) is 0 Å². The molecule has 2 heterocycles. The Labute approximate surface area is 147 Å². The molecule has 4 aromatic rings. The molecule has 0 aliphatic rings. The second-order valence-corrected chi connectivity index (χ2v) is 6.12. The van der Waals surface area contributed by atoms with Crippen LogP contribution in [0.2, 0.25) is 0 Å². The van der Waals surface area contributed by atoms with Gasteiger partial charge in [0.1, 0.15) is 5.82 Å². The number of aryl methyl sites for hydroxylation is 2. The molecule has 0 fully saturated rings. The normalized spacial score (nSPS) is 11.0. The Kier molecular flexibility index (Phi) is 3.94. The van der Waals surface area contributed by atoms with E-state index in [2.05, 4.69) is 53.7 Å². The van der Waals surface area contributed by atoms with Gasteiger partial charge in [0, 0.05) is 23.0 Å². The van der Waals surface area contributed by atoms with Gasteiger partial charge in [0.2, 0.25) is 0 Å². The van der Waals surface area contributed by atoms with Crippen molar-refractivity contribution in [3.8, 4) is 11.1 Å². The molecule has 0 aliphatic heterocycles. The highest BCUT2D eigenvalue weighted by Gasteiger charge is 2.12. The van der Waals surface area contributed by atoms with Gasteiger partial charge in [-0.05, 0) is 36.6 Å². The van der Waals surface area contributed by atoms with Crippen molar-refractivity contribution >= 4 is 17.2 Å². The van der Waals surface area contributed by atoms with Gasteiger partial charge in [-0.2, -0.15) is 9.61 Å². The number of rotatable bonds is 4. The molecule has 0 atom stereocenters. The largest absolute Gasteiger partial charge is 0.340 e. The van der Waals surface area contributed by atoms with E-state index in [9.17, 15) is 0 Å². The monoisotopic (exact) mass is 328 g/mol. The van der Waals surface area contributed by atoms with Gasteiger partial charge < -0.3 is 5.32 Å². The van der Waals surface area contributed by atoms with Crippen molar-refractivity contribution in [3.63, 3.8) is 0 Å². The molecular weight excluding hydrogens is 308 g/mol. The number of nitrogens with zero attached hydrogens (tertiary/aromatic N) is 3. The van der Waals surface area contributed by atoms with E-state index in [-0.39, 0.29) is 0 Å². The molecule has 4 heteroatoms. The summed E-state index contributed by atoms with van der Waals surface area (Å²) < 4.78 is 1.86. The Balaban J connectivity index is 1.78. The van der Waals surface area contributed by atoms with E-state index >= 15 is 0 Å². The smallest absolute Gasteiger partial charge is 0.165 e. The van der Waals surface area contributed by atoms with Gasteiger partial charge in [0.15, 0.2) is 5.65 Å². The predicted octanol–water partition coefficient (Wildman–Crippen LogP) is 5.01. The summed E-state index contributed by atoms with van der Waals surface area (Å²) in [6.07, 6.45) is 2.92. The van der Waals surface area contributed by atoms with Crippen molar-refractivity contribution in [2.24, 2.45) is 0 Å². The second-order valence-electron chi connectivity index (χ2n) is 6.12. The van der Waals surface area contributed by atoms with Crippen LogP contribution in [0.15, 0.2) is 66.9 Å². The fourth-order valence-electron chi connectivity index (χ4n) is 2.97. The third-order valence-corrected chi connectivity index (χ3v) is 4.32. The first kappa shape index (κ1) is 15.4. The summed E-state index contributed by atoms with van der Waals surface area (Å²) in [7, 11) is 0. The van der Waals surface area contributed by atoms with Gasteiger partial charge in [-0.15, -0.1) is 0 Å². The molecule has 0 saturated carbocycles. The minimum absolute atomic E-state index is 0.860. The lowest BCUT2D eigenvalue weighted by molar-refractivity contribution is 0.938. The second kappa shape index (κ2) is 6.40. The first-order chi connectivity index (χ1) is 12.2. The van der Waals surface area contributed by atoms with Crippen molar-refractivity contribution in [2.75, 3.05) is 5.32 Å². The molecular formula is C21H20N4. The van der Waals surface area contributed by atoms with E-state index in [1.165, 1.54) is 5.56 Å². The molecule has 0 amide bonds. The van der Waals surface area contributed by atoms with Gasteiger partial charge in [-0.3, -0.25) is 0 Å². The molecule has 0 aliphatic carbocycles. The molecule has 1 N–H and O–H groups in total. The predicted molar refractivity (Wildman–Crippen MR) is 102 cm³/mol. The van der Waals surface area contributed by atoms with Crippen LogP contribution in [0.3, 0.4) is 0 Å². The molecule has 0 spiro atoms. The van der Waals surface area contributed by atoms with Gasteiger partial charge in [-0.1, -0.05) is 49.4 Å². The Morgan fingerprint density at radius 2 is 1.76 bits per heavy atom. The molecule has 25 heavy (non-hydrogen) atoms. The Morgan fingerprint density at radius 1 is 1.00 bits per heavy atom. The fourth-order valence-corrected chi connectivity index (χ4v) is 2.97. The van der Waals surface area contributed by atoms with Crippen molar-refractivity contribution < 1.29 is 0 Å². The molecule has 2 aromatic carbocycles. The van der Waals surface area contributed by atoms with Crippen molar-refractivity contribution in [1.29, 1.82) is 0 Å². The zero-order valence-electron chi connectivity index (χ0n) is 14.4. The first-order valence-electron chi connectivity index (χ1n) is 8.51. The maximum absolute atomic E-state index is 4.70. The summed E-state index contributed by atoms with van der Waals surface area (Å²) in [5, 5.41) is 8.02. The number of hydrogen-bond acceptors (Lipinski definition) is 3. The van der Waals surface area contributed by atoms with Crippen LogP contribution < -0.4 is 5.32 Å². The number of nitrogens with one attached hydrogen (secondary N) is 1. The van der Waals surface area contributed by atoms with Crippen LogP contribution in [0.25, 0.3) is 16.8 Å². The standard InChI is InChI=1S/C21H20N4/c1-3-16-9-11-18(12-10-16)24-20-13-15(2)23-21-19(14-22-25(20)21)17-7-5-4-6-8-17/h4-14,24H,3H2,1-2H3. The lowest BCUT2D eigenvalue weighted by Gasteiger charge is -2.10. The highest BCUT2D eigenvalue weighted by atomic mass is 15.3. The van der Waals surface area contributed by atoms with E-state index in [1.807, 2.05) is 41.9 Å². The fraction of sp³-hybridized carbons (Fsp3) is 0.143. The first-order valence-corrected chi connectivity index (χ1v) is 8.51. The Morgan fingerprint density at radius 3 is 2.48 bits per heavy atom. The topological polar surface area (TPSA) is 42.2 Å². The SMILES string of the molecule is CCc1ccc(Nc2cc(C)nc3c(-c4ccccc4)cnn23)cc1. The maximum Gasteiger partial charge on any atom is 0.165 e. The van der Waals surface area contributed by atoms with Gasteiger partial charge in [-0.25, -0.2) is 4.98 Å². The molecule has 0 radical (unpaired) electrons. The molecule has 0 bridgehead atoms. The quantitative estimate of drug-likeness (QED) is 0.572. The molecule has 4 rings (SSSR count). The van der Waals surface area contributed by atoms with E-state index in [1.54, 1.807) is 0 Å². The average molecular weight is 328 g/mol. The maximum atomic E-state index is 4.70. The number of benzene rings is 2. The third kappa shape index (κ3) is 2.98. The van der Waals surface area contributed by atoms with Crippen LogP contribution in [0.5, 0.6) is 0 Å². The summed E-state index contributed by atoms with van der Waals surface area (Å²) in [4.78, 5) is 4.70. The number of anilines is 2. The van der Waals surface area contributed by atoms with E-state index < -0.39 is 0 Å². The lowest BCUT2D eigenvalue weighted by atomic mass is 10.1. The molecule has 0 saturated heterocycles. The van der Waals surface area contributed by atoms with Crippen molar-refractivity contribution in [3.05, 3.63) is 78.1 Å². The Bertz CT molecular complexity index is 1000. The van der Waals surface area contributed by atoms with Crippen LogP contribution in [0.1, 0.15) is 18.2 Å². The number of hydrogen-bond donors (Lipinski definition) is 1. The minimum Gasteiger partial charge on any atom is -0.340 e. The zero-order chi connectivity index (χ0) is 17.2. The minimum atomic E-state index is 0.860. The van der Waals surface area contributed by atoms with E-state index in [0.717, 1.165) is 40.4 Å². The van der Waals surface area contributed by atoms with Gasteiger partial charge in [0.05, 0.1) is 6.20 Å². The summed E-state index contributed by atoms with van der Waals surface area (Å²) >= 11 is 0. The molecule has 4 nitrogen and oxygen atoms in total. The highest BCUT2D eigenvalue weighted by Crippen LogP contribution is 2.26. The van der Waals surface area contributed by atoms with E-state index in [4.69, 9.17) is 4.98 Å². The molecule has 0 unspecified atom stereocenters. The van der Waals surface area contributed by atoms with Crippen molar-refractivity contribution in [1.82, 2.24) is 14.6 Å². The summed E-state index contributed by atoms with van der Waals surface area (Å²) in [6.45, 7) is 4.17. The summed E-state index contributed by atoms with van der Waals surface area (Å²) in [5.41, 5.74) is 6.34. The van der Waals surface area contributed by atoms with Crippen LogP contribution in [0, 0.1) is 6.92 Å². The molecule has 2 aromatic heterocycles. The van der Waals surface area contributed by atoms with Gasteiger partial charge in [0.25, 0.3) is 0 Å². The summed E-state index contributed by atoms with van der Waals surface area (Å²) in [5.74, 6) is 0.911. The van der Waals surface area contributed by atoms with Crippen LogP contribution in [0.4, 0.5) is 11.5 Å². The average Bonchev–Trinajstić information content (AvgIpc) is 3.07. The zero-order valence-corrected chi connectivity index (χ0v) is 14.4. The van der Waals surface area contributed by atoms with Crippen LogP contribution in [-0.2, 0) is 6.42 Å². The number of fused-ring (bicyclic) bond motifs is 1. The lowest BCUT2D eigenvalue weighted by Crippen LogP contribution is -2.02. The van der Waals surface area contributed by atoms with Gasteiger partial charge >= 0.3 is 0 Å². The molecule has 124 valence electrons. The summed E-state index contributed by atoms with van der Waals surface area (Å²) in [6, 6.07) is 20.7. The third-order valence-electron chi connectivity index (χ3n) is 4.32.